The lowest BCUT2D eigenvalue weighted by atomic mass is 9.97. The van der Waals surface area contributed by atoms with Crippen molar-refractivity contribution in [3.05, 3.63) is 68.9 Å². The van der Waals surface area contributed by atoms with Crippen molar-refractivity contribution in [3.8, 4) is 0 Å². The Hall–Kier alpha value is -2.46. The third-order valence-corrected chi connectivity index (χ3v) is 6.63. The fourth-order valence-electron chi connectivity index (χ4n) is 3.77. The van der Waals surface area contributed by atoms with E-state index in [0.717, 1.165) is 0 Å². The Bertz CT molecular complexity index is 1080. The van der Waals surface area contributed by atoms with E-state index >= 15 is 0 Å². The molecule has 1 saturated heterocycles. The van der Waals surface area contributed by atoms with Crippen molar-refractivity contribution < 1.29 is 14.7 Å². The quantitative estimate of drug-likeness (QED) is 0.621. The van der Waals surface area contributed by atoms with Crippen LogP contribution in [0.2, 0.25) is 10.0 Å². The molecule has 4 rings (SSSR count). The van der Waals surface area contributed by atoms with Crippen LogP contribution in [0.3, 0.4) is 0 Å². The number of aromatic nitrogens is 3. The normalized spacial score (nSPS) is 21.8. The van der Waals surface area contributed by atoms with Crippen LogP contribution in [0.25, 0.3) is 0 Å². The monoisotopic (exact) mass is 465 g/mol. The number of halogens is 2. The van der Waals surface area contributed by atoms with Crippen LogP contribution in [0.15, 0.2) is 48.2 Å². The van der Waals surface area contributed by atoms with Gasteiger partial charge in [-0.1, -0.05) is 23.2 Å². The summed E-state index contributed by atoms with van der Waals surface area (Å²) in [4.78, 5) is 33.9. The lowest BCUT2D eigenvalue weighted by Gasteiger charge is -2.36. The number of thiazole rings is 1. The van der Waals surface area contributed by atoms with E-state index in [-0.39, 0.29) is 23.7 Å². The molecular formula is C19H17Cl2N5O3S. The molecule has 1 fully saturated rings. The predicted octanol–water partition coefficient (Wildman–Crippen LogP) is 3.26. The van der Waals surface area contributed by atoms with Gasteiger partial charge in [-0.15, -0.1) is 11.3 Å². The van der Waals surface area contributed by atoms with Crippen molar-refractivity contribution in [3.63, 3.8) is 0 Å². The predicted molar refractivity (Wildman–Crippen MR) is 113 cm³/mol. The van der Waals surface area contributed by atoms with Gasteiger partial charge in [0.25, 0.3) is 5.91 Å². The second-order valence-corrected chi connectivity index (χ2v) is 8.74. The van der Waals surface area contributed by atoms with E-state index in [1.54, 1.807) is 37.1 Å². The van der Waals surface area contributed by atoms with Crippen molar-refractivity contribution in [2.24, 2.45) is 0 Å². The van der Waals surface area contributed by atoms with Crippen molar-refractivity contribution in [1.29, 1.82) is 0 Å². The van der Waals surface area contributed by atoms with Gasteiger partial charge in [-0.3, -0.25) is 19.3 Å². The van der Waals surface area contributed by atoms with E-state index < -0.39 is 23.6 Å². The molecule has 3 heterocycles. The van der Waals surface area contributed by atoms with Crippen LogP contribution >= 0.6 is 34.5 Å². The Labute approximate surface area is 186 Å². The summed E-state index contributed by atoms with van der Waals surface area (Å²) in [6.07, 6.45) is 4.21. The largest absolute Gasteiger partial charge is 0.479 e. The van der Waals surface area contributed by atoms with Gasteiger partial charge in [-0.05, 0) is 31.3 Å². The number of amides is 1. The molecule has 2 atom stereocenters. The molecule has 3 aromatic rings. The van der Waals surface area contributed by atoms with Gasteiger partial charge < -0.3 is 5.11 Å². The maximum Gasteiger partial charge on any atom is 0.333 e. The van der Waals surface area contributed by atoms with Crippen LogP contribution in [0.1, 0.15) is 21.5 Å². The third-order valence-electron chi connectivity index (χ3n) is 5.07. The molecule has 11 heteroatoms. The van der Waals surface area contributed by atoms with Gasteiger partial charge in [-0.25, -0.2) is 9.78 Å². The summed E-state index contributed by atoms with van der Waals surface area (Å²) in [6, 6.07) is 6.21. The molecule has 0 bridgehead atoms. The van der Waals surface area contributed by atoms with Gasteiger partial charge in [0.2, 0.25) is 0 Å². The van der Waals surface area contributed by atoms with E-state index in [1.807, 2.05) is 4.90 Å². The second-order valence-electron chi connectivity index (χ2n) is 7.00. The average molecular weight is 466 g/mol. The molecule has 0 saturated carbocycles. The van der Waals surface area contributed by atoms with Gasteiger partial charge in [0.05, 0.1) is 16.6 Å². The molecule has 1 aromatic carbocycles. The molecule has 8 nitrogen and oxygen atoms in total. The number of carboxylic acids is 1. The Morgan fingerprint density at radius 1 is 1.30 bits per heavy atom. The minimum absolute atomic E-state index is 0.0192. The van der Waals surface area contributed by atoms with Crippen LogP contribution in [-0.4, -0.2) is 60.7 Å². The fraction of sp³-hybridized carbons (Fsp3) is 0.263. The maximum absolute atomic E-state index is 13.7. The topological polar surface area (TPSA) is 91.6 Å². The summed E-state index contributed by atoms with van der Waals surface area (Å²) in [5.41, 5.74) is -1.33. The van der Waals surface area contributed by atoms with Gasteiger partial charge in [0.15, 0.2) is 5.54 Å². The van der Waals surface area contributed by atoms with Gasteiger partial charge in [-0.2, -0.15) is 5.10 Å². The number of nitrogens with zero attached hydrogens (tertiary/aromatic N) is 5. The number of likely N-dealkylation sites (N-methyl/N-ethyl adjacent to an activating group) is 1. The van der Waals surface area contributed by atoms with E-state index in [2.05, 4.69) is 10.1 Å². The zero-order chi connectivity index (χ0) is 21.5. The third kappa shape index (κ3) is 3.47. The lowest BCUT2D eigenvalue weighted by molar-refractivity contribution is -0.149. The molecule has 0 aliphatic carbocycles. The number of hydrogen-bond acceptors (Lipinski definition) is 6. The maximum atomic E-state index is 13.7. The van der Waals surface area contributed by atoms with Gasteiger partial charge in [0, 0.05) is 36.1 Å². The summed E-state index contributed by atoms with van der Waals surface area (Å²) in [6.45, 7) is 0.0775. The first kappa shape index (κ1) is 20.8. The van der Waals surface area contributed by atoms with Gasteiger partial charge in [0.1, 0.15) is 11.2 Å². The smallest absolute Gasteiger partial charge is 0.333 e. The molecule has 156 valence electrons. The van der Waals surface area contributed by atoms with Crippen LogP contribution in [0.5, 0.6) is 0 Å². The number of aliphatic carboxylic acids is 1. The van der Waals surface area contributed by atoms with Gasteiger partial charge >= 0.3 is 5.97 Å². The zero-order valence-electron chi connectivity index (χ0n) is 15.8. The molecule has 1 N–H and O–H groups in total. The molecular weight excluding hydrogens is 449 g/mol. The average Bonchev–Trinajstić information content (AvgIpc) is 3.44. The van der Waals surface area contributed by atoms with Crippen molar-refractivity contribution >= 4 is 46.4 Å². The van der Waals surface area contributed by atoms with Crippen LogP contribution in [-0.2, 0) is 11.3 Å². The number of carbonyl (C=O) groups is 2. The highest BCUT2D eigenvalue weighted by Gasteiger charge is 2.58. The molecule has 30 heavy (non-hydrogen) atoms. The first-order valence-electron chi connectivity index (χ1n) is 8.92. The zero-order valence-corrected chi connectivity index (χ0v) is 18.1. The summed E-state index contributed by atoms with van der Waals surface area (Å²) in [5.74, 6) is -1.61. The van der Waals surface area contributed by atoms with Crippen LogP contribution in [0.4, 0.5) is 0 Å². The minimum Gasteiger partial charge on any atom is -0.479 e. The minimum atomic E-state index is -1.57. The number of rotatable bonds is 5. The molecule has 1 amide bonds. The number of hydrogen-bond donors (Lipinski definition) is 1. The summed E-state index contributed by atoms with van der Waals surface area (Å²) >= 11 is 13.5. The highest BCUT2D eigenvalue weighted by molar-refractivity contribution is 7.09. The molecule has 0 spiro atoms. The summed E-state index contributed by atoms with van der Waals surface area (Å²) in [5, 5.41) is 17.4. The molecule has 2 unspecified atom stereocenters. The molecule has 1 aliphatic rings. The second kappa shape index (κ2) is 7.99. The fourth-order valence-corrected chi connectivity index (χ4v) is 4.86. The number of carboxylic acid groups (broad SMARTS) is 1. The SMILES string of the molecule is CN1CC(Cn2cccn2)(C(=O)O)N(C(=O)c2ccc(Cl)c(Cl)c2)C1c1nccs1. The Balaban J connectivity index is 1.86. The summed E-state index contributed by atoms with van der Waals surface area (Å²) in [7, 11) is 1.77. The molecule has 2 aromatic heterocycles. The number of carbonyl (C=O) groups excluding carboxylic acids is 1. The van der Waals surface area contributed by atoms with Crippen molar-refractivity contribution in [1.82, 2.24) is 24.6 Å². The van der Waals surface area contributed by atoms with E-state index in [0.29, 0.717) is 10.0 Å². The Morgan fingerprint density at radius 2 is 2.10 bits per heavy atom. The van der Waals surface area contributed by atoms with E-state index in [4.69, 9.17) is 23.2 Å². The standard InChI is InChI=1S/C19H17Cl2N5O3S/c1-24-10-19(18(28)29,11-25-7-2-5-23-25)26(16(24)15-22-6-8-30-15)17(27)12-3-4-13(20)14(21)9-12/h2-9,16H,10-11H2,1H3,(H,28,29). The van der Waals surface area contributed by atoms with Crippen molar-refractivity contribution in [2.75, 3.05) is 13.6 Å². The first-order chi connectivity index (χ1) is 14.3. The lowest BCUT2D eigenvalue weighted by Crippen LogP contribution is -2.58. The van der Waals surface area contributed by atoms with Crippen LogP contribution in [0, 0.1) is 0 Å². The Morgan fingerprint density at radius 3 is 2.70 bits per heavy atom. The van der Waals surface area contributed by atoms with Crippen LogP contribution < -0.4 is 0 Å². The van der Waals surface area contributed by atoms with E-state index in [9.17, 15) is 14.7 Å². The van der Waals surface area contributed by atoms with E-state index in [1.165, 1.54) is 39.1 Å². The molecule has 1 aliphatic heterocycles. The molecule has 0 radical (unpaired) electrons. The van der Waals surface area contributed by atoms with Crippen molar-refractivity contribution in [2.45, 2.75) is 18.2 Å². The first-order valence-corrected chi connectivity index (χ1v) is 10.6. The Kier molecular flexibility index (Phi) is 5.54. The highest BCUT2D eigenvalue weighted by Crippen LogP contribution is 2.42. The summed E-state index contributed by atoms with van der Waals surface area (Å²) < 4.78 is 1.52. The number of benzene rings is 1. The highest BCUT2D eigenvalue weighted by atomic mass is 35.5.